The third-order valence-electron chi connectivity index (χ3n) is 6.16. The van der Waals surface area contributed by atoms with Gasteiger partial charge in [0.2, 0.25) is 0 Å². The predicted octanol–water partition coefficient (Wildman–Crippen LogP) is 2.52. The minimum Gasteiger partial charge on any atom is -0.480 e. The summed E-state index contributed by atoms with van der Waals surface area (Å²) in [5.41, 5.74) is 0.648. The van der Waals surface area contributed by atoms with Crippen LogP contribution in [-0.2, 0) is 16.0 Å². The second-order valence-electron chi connectivity index (χ2n) is 8.42. The number of morpholine rings is 1. The summed E-state index contributed by atoms with van der Waals surface area (Å²) in [5, 5.41) is 18.0. The number of hydrogen-bond donors (Lipinski definition) is 3. The number of nitrogens with one attached hydrogen (secondary N) is 2. The van der Waals surface area contributed by atoms with Gasteiger partial charge in [0.05, 0.1) is 13.2 Å². The van der Waals surface area contributed by atoms with Crippen LogP contribution in [0.25, 0.3) is 10.8 Å². The number of anilines is 4. The van der Waals surface area contributed by atoms with Crippen molar-refractivity contribution in [2.45, 2.75) is 12.5 Å². The SMILES string of the molecule is O=C(O)C(Cc1ccc(Nc2nccc3ccccc23)cc1)Nc1c(N2CCOCC2)c(=O)c1=O. The number of nitrogens with zero attached hydrogens (tertiary/aromatic N) is 2. The fourth-order valence-electron chi connectivity index (χ4n) is 4.29. The average molecular weight is 473 g/mol. The number of aromatic nitrogens is 1. The van der Waals surface area contributed by atoms with Gasteiger partial charge in [-0.25, -0.2) is 9.78 Å². The highest BCUT2D eigenvalue weighted by Crippen LogP contribution is 2.25. The monoisotopic (exact) mass is 472 g/mol. The molecule has 3 aromatic carbocycles. The third-order valence-corrected chi connectivity index (χ3v) is 6.16. The zero-order valence-electron chi connectivity index (χ0n) is 18.9. The minimum atomic E-state index is -1.10. The number of benzene rings is 2. The number of pyridine rings is 1. The van der Waals surface area contributed by atoms with E-state index < -0.39 is 22.9 Å². The number of carboxylic acid groups (broad SMARTS) is 1. The van der Waals surface area contributed by atoms with Crippen LogP contribution in [0, 0.1) is 0 Å². The molecule has 1 fully saturated rings. The van der Waals surface area contributed by atoms with Crippen LogP contribution in [0.2, 0.25) is 0 Å². The van der Waals surface area contributed by atoms with Crippen LogP contribution < -0.4 is 26.4 Å². The Balaban J connectivity index is 1.30. The largest absolute Gasteiger partial charge is 0.480 e. The second kappa shape index (κ2) is 9.55. The first kappa shape index (κ1) is 22.5. The van der Waals surface area contributed by atoms with Crippen LogP contribution in [-0.4, -0.2) is 48.4 Å². The van der Waals surface area contributed by atoms with Gasteiger partial charge in [0.15, 0.2) is 0 Å². The molecule has 1 aliphatic rings. The summed E-state index contributed by atoms with van der Waals surface area (Å²) in [6.45, 7) is 1.87. The number of fused-ring (bicyclic) bond motifs is 1. The Kier molecular flexibility index (Phi) is 6.15. The van der Waals surface area contributed by atoms with Gasteiger partial charge in [0.25, 0.3) is 10.9 Å². The number of carbonyl (C=O) groups is 1. The smallest absolute Gasteiger partial charge is 0.326 e. The van der Waals surface area contributed by atoms with Crippen molar-refractivity contribution in [3.8, 4) is 0 Å². The van der Waals surface area contributed by atoms with Crippen LogP contribution in [0.1, 0.15) is 5.56 Å². The van der Waals surface area contributed by atoms with Crippen molar-refractivity contribution in [1.82, 2.24) is 4.98 Å². The summed E-state index contributed by atoms with van der Waals surface area (Å²) in [6.07, 6.45) is 1.89. The first-order valence-electron chi connectivity index (χ1n) is 11.4. The van der Waals surface area contributed by atoms with E-state index in [4.69, 9.17) is 4.74 Å². The Bertz CT molecular complexity index is 1430. The zero-order chi connectivity index (χ0) is 24.4. The fourth-order valence-corrected chi connectivity index (χ4v) is 4.29. The van der Waals surface area contributed by atoms with E-state index in [-0.39, 0.29) is 17.8 Å². The number of hydrogen-bond acceptors (Lipinski definition) is 8. The molecule has 5 rings (SSSR count). The minimum absolute atomic E-state index is 0.0737. The standard InChI is InChI=1S/C26H24N4O5/c31-23-21(22(24(23)32)30-11-13-35-14-12-30)29-20(26(33)34)15-16-5-7-18(8-6-16)28-25-19-4-2-1-3-17(19)9-10-27-25/h1-10,20,29H,11-15H2,(H,27,28)(H,33,34). The number of ether oxygens (including phenoxy) is 1. The van der Waals surface area contributed by atoms with E-state index in [1.54, 1.807) is 11.1 Å². The molecule has 2 heterocycles. The molecule has 0 spiro atoms. The zero-order valence-corrected chi connectivity index (χ0v) is 18.9. The lowest BCUT2D eigenvalue weighted by molar-refractivity contribution is -0.137. The van der Waals surface area contributed by atoms with Gasteiger partial charge in [-0.1, -0.05) is 36.4 Å². The molecule has 0 radical (unpaired) electrons. The third kappa shape index (κ3) is 4.58. The topological polar surface area (TPSA) is 121 Å². The van der Waals surface area contributed by atoms with E-state index >= 15 is 0 Å². The van der Waals surface area contributed by atoms with E-state index in [1.807, 2.05) is 54.6 Å². The van der Waals surface area contributed by atoms with Crippen molar-refractivity contribution in [2.75, 3.05) is 41.8 Å². The van der Waals surface area contributed by atoms with Crippen molar-refractivity contribution in [1.29, 1.82) is 0 Å². The normalized spacial score (nSPS) is 14.7. The molecule has 1 aliphatic heterocycles. The molecule has 1 aromatic heterocycles. The van der Waals surface area contributed by atoms with Crippen molar-refractivity contribution < 1.29 is 14.6 Å². The van der Waals surface area contributed by atoms with E-state index in [2.05, 4.69) is 15.6 Å². The number of carboxylic acids is 1. The molecule has 1 saturated heterocycles. The molecule has 0 amide bonds. The first-order valence-corrected chi connectivity index (χ1v) is 11.4. The molecule has 178 valence electrons. The maximum absolute atomic E-state index is 12.2. The molecule has 0 aliphatic carbocycles. The van der Waals surface area contributed by atoms with Gasteiger partial charge in [-0.15, -0.1) is 0 Å². The Morgan fingerprint density at radius 2 is 1.77 bits per heavy atom. The lowest BCUT2D eigenvalue weighted by atomic mass is 10.0. The van der Waals surface area contributed by atoms with Crippen LogP contribution in [0.4, 0.5) is 22.9 Å². The first-order chi connectivity index (χ1) is 17.0. The second-order valence-corrected chi connectivity index (χ2v) is 8.42. The van der Waals surface area contributed by atoms with Crippen LogP contribution in [0.5, 0.6) is 0 Å². The van der Waals surface area contributed by atoms with Gasteiger partial charge < -0.3 is 25.4 Å². The highest BCUT2D eigenvalue weighted by molar-refractivity contribution is 5.93. The molecule has 0 bridgehead atoms. The maximum Gasteiger partial charge on any atom is 0.326 e. The summed E-state index contributed by atoms with van der Waals surface area (Å²) in [6, 6.07) is 16.2. The summed E-state index contributed by atoms with van der Waals surface area (Å²) >= 11 is 0. The molecule has 1 unspecified atom stereocenters. The lowest BCUT2D eigenvalue weighted by Crippen LogP contribution is -2.48. The molecule has 9 heteroatoms. The highest BCUT2D eigenvalue weighted by Gasteiger charge is 2.30. The molecule has 3 N–H and O–H groups in total. The van der Waals surface area contributed by atoms with Gasteiger partial charge in [-0.2, -0.15) is 0 Å². The molecule has 0 saturated carbocycles. The predicted molar refractivity (Wildman–Crippen MR) is 135 cm³/mol. The van der Waals surface area contributed by atoms with Gasteiger partial charge in [-0.05, 0) is 29.1 Å². The summed E-state index contributed by atoms with van der Waals surface area (Å²) in [5.74, 6) is -0.371. The van der Waals surface area contributed by atoms with Crippen molar-refractivity contribution >= 4 is 39.6 Å². The number of aliphatic carboxylic acids is 1. The molecule has 1 atom stereocenters. The van der Waals surface area contributed by atoms with Crippen LogP contribution in [0.15, 0.2) is 70.4 Å². The summed E-state index contributed by atoms with van der Waals surface area (Å²) < 4.78 is 5.30. The van der Waals surface area contributed by atoms with E-state index in [0.717, 1.165) is 27.8 Å². The van der Waals surface area contributed by atoms with Gasteiger partial charge in [0, 0.05) is 36.8 Å². The molecular weight excluding hydrogens is 448 g/mol. The Labute approximate surface area is 200 Å². The molecule has 9 nitrogen and oxygen atoms in total. The Morgan fingerprint density at radius 1 is 1.03 bits per heavy atom. The van der Waals surface area contributed by atoms with Crippen LogP contribution in [0.3, 0.4) is 0 Å². The Morgan fingerprint density at radius 3 is 2.51 bits per heavy atom. The highest BCUT2D eigenvalue weighted by atomic mass is 16.5. The van der Waals surface area contributed by atoms with Gasteiger partial charge in [0.1, 0.15) is 23.2 Å². The van der Waals surface area contributed by atoms with E-state index in [1.165, 1.54) is 0 Å². The Hall–Kier alpha value is -4.24. The molecular formula is C26H24N4O5. The quantitative estimate of drug-likeness (QED) is 0.332. The van der Waals surface area contributed by atoms with Crippen molar-refractivity contribution in [2.24, 2.45) is 0 Å². The van der Waals surface area contributed by atoms with Gasteiger partial charge >= 0.3 is 5.97 Å². The maximum atomic E-state index is 12.2. The molecule has 4 aromatic rings. The molecule has 35 heavy (non-hydrogen) atoms. The van der Waals surface area contributed by atoms with Gasteiger partial charge in [-0.3, -0.25) is 9.59 Å². The van der Waals surface area contributed by atoms with E-state index in [9.17, 15) is 19.5 Å². The summed E-state index contributed by atoms with van der Waals surface area (Å²) in [7, 11) is 0. The van der Waals surface area contributed by atoms with Crippen LogP contribution >= 0.6 is 0 Å². The average Bonchev–Trinajstić information content (AvgIpc) is 2.89. The lowest BCUT2D eigenvalue weighted by Gasteiger charge is -2.31. The van der Waals surface area contributed by atoms with Crippen molar-refractivity contribution in [3.63, 3.8) is 0 Å². The van der Waals surface area contributed by atoms with E-state index in [0.29, 0.717) is 26.3 Å². The fraction of sp³-hybridized carbons (Fsp3) is 0.231. The summed E-state index contributed by atoms with van der Waals surface area (Å²) in [4.78, 5) is 42.5. The van der Waals surface area contributed by atoms with Crippen molar-refractivity contribution in [3.05, 3.63) is 86.8 Å². The number of rotatable bonds is 8.